The van der Waals surface area contributed by atoms with Crippen LogP contribution in [-0.2, 0) is 4.74 Å². The fourth-order valence-electron chi connectivity index (χ4n) is 2.80. The highest BCUT2D eigenvalue weighted by Gasteiger charge is 2.19. The van der Waals surface area contributed by atoms with E-state index >= 15 is 0 Å². The highest BCUT2D eigenvalue weighted by Crippen LogP contribution is 2.34. The molecule has 3 aromatic rings. The molecule has 2 aromatic carbocycles. The van der Waals surface area contributed by atoms with E-state index in [9.17, 15) is 13.6 Å². The molecule has 0 aliphatic heterocycles. The van der Waals surface area contributed by atoms with Gasteiger partial charge in [0.2, 0.25) is 0 Å². The fourth-order valence-corrected chi connectivity index (χ4v) is 2.80. The van der Waals surface area contributed by atoms with Crippen molar-refractivity contribution in [3.8, 4) is 17.2 Å². The van der Waals surface area contributed by atoms with Crippen molar-refractivity contribution in [2.75, 3.05) is 25.9 Å². The highest BCUT2D eigenvalue weighted by molar-refractivity contribution is 5.86. The van der Waals surface area contributed by atoms with Gasteiger partial charge in [-0.3, -0.25) is 4.98 Å². The minimum absolute atomic E-state index is 0.0361. The molecule has 3 rings (SSSR count). The van der Waals surface area contributed by atoms with Crippen LogP contribution in [0.25, 0.3) is 10.9 Å². The van der Waals surface area contributed by atoms with E-state index in [-0.39, 0.29) is 18.0 Å². The first-order valence-electron chi connectivity index (χ1n) is 9.91. The van der Waals surface area contributed by atoms with Crippen LogP contribution in [0.1, 0.15) is 20.8 Å². The van der Waals surface area contributed by atoms with Gasteiger partial charge >= 0.3 is 6.09 Å². The molecule has 0 aliphatic carbocycles. The van der Waals surface area contributed by atoms with Crippen LogP contribution in [-0.4, -0.2) is 41.8 Å². The van der Waals surface area contributed by atoms with Crippen molar-refractivity contribution in [3.63, 3.8) is 0 Å². The Morgan fingerprint density at radius 3 is 2.47 bits per heavy atom. The van der Waals surface area contributed by atoms with Crippen LogP contribution in [0.15, 0.2) is 42.6 Å². The van der Waals surface area contributed by atoms with Crippen LogP contribution < -0.4 is 15.2 Å². The molecule has 1 heterocycles. The summed E-state index contributed by atoms with van der Waals surface area (Å²) in [5.41, 5.74) is 5.34. The van der Waals surface area contributed by atoms with E-state index < -0.39 is 29.1 Å². The van der Waals surface area contributed by atoms with Gasteiger partial charge in [-0.2, -0.15) is 0 Å². The maximum Gasteiger partial charge on any atom is 0.410 e. The number of nitrogens with zero attached hydrogens (tertiary/aromatic N) is 2. The summed E-state index contributed by atoms with van der Waals surface area (Å²) >= 11 is 0. The number of amides is 1. The number of anilines is 1. The van der Waals surface area contributed by atoms with Crippen LogP contribution in [0.3, 0.4) is 0 Å². The molecule has 0 saturated heterocycles. The number of ether oxygens (including phenoxy) is 3. The molecule has 7 nitrogen and oxygen atoms in total. The molecule has 0 unspecified atom stereocenters. The zero-order valence-electron chi connectivity index (χ0n) is 18.3. The summed E-state index contributed by atoms with van der Waals surface area (Å²) in [4.78, 5) is 17.7. The second kappa shape index (κ2) is 9.25. The van der Waals surface area contributed by atoms with Gasteiger partial charge in [-0.15, -0.1) is 0 Å². The molecule has 9 heteroatoms. The molecule has 1 aromatic heterocycles. The lowest BCUT2D eigenvalue weighted by atomic mass is 10.2. The topological polar surface area (TPSA) is 86.9 Å². The standard InChI is InChI=1S/C23H25F2N3O4/c1-23(2,3)32-22(29)28(4)9-10-30-15-5-6-16-19(13-15)27-8-7-20(16)31-21-17(24)11-14(26)12-18(21)25/h5-8,11-13H,9-10,26H2,1-4H3. The van der Waals surface area contributed by atoms with Crippen molar-refractivity contribution >= 4 is 22.7 Å². The van der Waals surface area contributed by atoms with Gasteiger partial charge in [0.25, 0.3) is 0 Å². The maximum atomic E-state index is 14.1. The Kier molecular flexibility index (Phi) is 6.67. The first-order chi connectivity index (χ1) is 15.0. The van der Waals surface area contributed by atoms with Gasteiger partial charge in [0.1, 0.15) is 23.7 Å². The lowest BCUT2D eigenvalue weighted by molar-refractivity contribution is 0.0278. The first-order valence-corrected chi connectivity index (χ1v) is 9.91. The zero-order chi connectivity index (χ0) is 23.5. The summed E-state index contributed by atoms with van der Waals surface area (Å²) in [6.45, 7) is 5.94. The van der Waals surface area contributed by atoms with E-state index in [1.807, 2.05) is 0 Å². The summed E-state index contributed by atoms with van der Waals surface area (Å²) in [5.74, 6) is -1.60. The molecule has 1 amide bonds. The number of halogens is 2. The number of nitrogens with two attached hydrogens (primary N) is 1. The van der Waals surface area contributed by atoms with E-state index in [4.69, 9.17) is 19.9 Å². The molecule has 0 bridgehead atoms. The van der Waals surface area contributed by atoms with Gasteiger partial charge < -0.3 is 24.8 Å². The predicted molar refractivity (Wildman–Crippen MR) is 117 cm³/mol. The minimum atomic E-state index is -0.901. The number of aromatic nitrogens is 1. The predicted octanol–water partition coefficient (Wildman–Crippen LogP) is 5.13. The molecule has 0 atom stereocenters. The van der Waals surface area contributed by atoms with Crippen molar-refractivity contribution in [3.05, 3.63) is 54.2 Å². The van der Waals surface area contributed by atoms with Gasteiger partial charge in [-0.05, 0) is 39.0 Å². The van der Waals surface area contributed by atoms with Crippen LogP contribution in [0.4, 0.5) is 19.3 Å². The Hall–Kier alpha value is -3.62. The van der Waals surface area contributed by atoms with Gasteiger partial charge in [0, 0.05) is 42.5 Å². The van der Waals surface area contributed by atoms with Gasteiger partial charge in [0.15, 0.2) is 17.4 Å². The zero-order valence-corrected chi connectivity index (χ0v) is 18.3. The van der Waals surface area contributed by atoms with Crippen molar-refractivity contribution in [1.29, 1.82) is 0 Å². The van der Waals surface area contributed by atoms with Crippen LogP contribution in [0.5, 0.6) is 17.2 Å². The summed E-state index contributed by atoms with van der Waals surface area (Å²) in [7, 11) is 1.62. The Labute approximate surface area is 184 Å². The number of hydrogen-bond donors (Lipinski definition) is 1. The molecule has 32 heavy (non-hydrogen) atoms. The third-order valence-electron chi connectivity index (χ3n) is 4.31. The quantitative estimate of drug-likeness (QED) is 0.529. The molecule has 0 saturated carbocycles. The van der Waals surface area contributed by atoms with E-state index in [0.29, 0.717) is 23.2 Å². The van der Waals surface area contributed by atoms with E-state index in [1.165, 1.54) is 17.2 Å². The third-order valence-corrected chi connectivity index (χ3v) is 4.31. The van der Waals surface area contributed by atoms with Crippen LogP contribution in [0, 0.1) is 11.6 Å². The van der Waals surface area contributed by atoms with Gasteiger partial charge in [0.05, 0.1) is 12.1 Å². The highest BCUT2D eigenvalue weighted by atomic mass is 19.1. The molecule has 0 aliphatic rings. The molecule has 170 valence electrons. The van der Waals surface area contributed by atoms with Crippen molar-refractivity contribution in [2.45, 2.75) is 26.4 Å². The van der Waals surface area contributed by atoms with Crippen LogP contribution >= 0.6 is 0 Å². The Balaban J connectivity index is 1.69. The van der Waals surface area contributed by atoms with E-state index in [2.05, 4.69) is 4.98 Å². The number of fused-ring (bicyclic) bond motifs is 1. The molecule has 0 fully saturated rings. The molecule has 0 spiro atoms. The van der Waals surface area contributed by atoms with E-state index in [0.717, 1.165) is 12.1 Å². The Bertz CT molecular complexity index is 1110. The maximum absolute atomic E-state index is 14.1. The summed E-state index contributed by atoms with van der Waals surface area (Å²) < 4.78 is 44.7. The van der Waals surface area contributed by atoms with Crippen molar-refractivity contribution in [1.82, 2.24) is 9.88 Å². The van der Waals surface area contributed by atoms with Crippen molar-refractivity contribution < 1.29 is 27.8 Å². The minimum Gasteiger partial charge on any atom is -0.492 e. The van der Waals surface area contributed by atoms with Gasteiger partial charge in [-0.1, -0.05) is 0 Å². The second-order valence-corrected chi connectivity index (χ2v) is 8.15. The lowest BCUT2D eigenvalue weighted by Crippen LogP contribution is -2.36. The van der Waals surface area contributed by atoms with Crippen LogP contribution in [0.2, 0.25) is 0 Å². The average molecular weight is 445 g/mol. The number of carbonyl (C=O) groups is 1. The summed E-state index contributed by atoms with van der Waals surface area (Å²) in [5, 5.41) is 0.543. The number of rotatable bonds is 6. The molecule has 0 radical (unpaired) electrons. The number of likely N-dealkylation sites (N-methyl/N-ethyl adjacent to an activating group) is 1. The number of carbonyl (C=O) groups excluding carboxylic acids is 1. The third kappa shape index (κ3) is 5.75. The lowest BCUT2D eigenvalue weighted by Gasteiger charge is -2.24. The number of pyridine rings is 1. The number of benzene rings is 2. The first kappa shape index (κ1) is 23.1. The molecular formula is C23H25F2N3O4. The normalized spacial score (nSPS) is 11.3. The smallest absolute Gasteiger partial charge is 0.410 e. The van der Waals surface area contributed by atoms with E-state index in [1.54, 1.807) is 46.0 Å². The largest absolute Gasteiger partial charge is 0.492 e. The summed E-state index contributed by atoms with van der Waals surface area (Å²) in [6, 6.07) is 8.51. The SMILES string of the molecule is CN(CCOc1ccc2c(Oc3c(F)cc(N)cc3F)ccnc2c1)C(=O)OC(C)(C)C. The monoisotopic (exact) mass is 445 g/mol. The fraction of sp³-hybridized carbons (Fsp3) is 0.304. The number of nitrogen functional groups attached to an aromatic ring is 1. The number of hydrogen-bond acceptors (Lipinski definition) is 6. The van der Waals surface area contributed by atoms with Crippen molar-refractivity contribution in [2.24, 2.45) is 0 Å². The molecule has 2 N–H and O–H groups in total. The Morgan fingerprint density at radius 1 is 1.12 bits per heavy atom. The average Bonchev–Trinajstić information content (AvgIpc) is 2.69. The van der Waals surface area contributed by atoms with Gasteiger partial charge in [-0.25, -0.2) is 13.6 Å². The summed E-state index contributed by atoms with van der Waals surface area (Å²) in [6.07, 6.45) is 1.02. The Morgan fingerprint density at radius 2 is 1.81 bits per heavy atom. The molecular weight excluding hydrogens is 420 g/mol. The second-order valence-electron chi connectivity index (χ2n) is 8.15.